The first kappa shape index (κ1) is 19.7. The van der Waals surface area contributed by atoms with Crippen LogP contribution >= 0.6 is 0 Å². The highest BCUT2D eigenvalue weighted by Crippen LogP contribution is 2.56. The summed E-state index contributed by atoms with van der Waals surface area (Å²) in [7, 11) is 0. The van der Waals surface area contributed by atoms with E-state index in [-0.39, 0.29) is 23.3 Å². The number of Topliss-reactive ketones (excluding diaryl/α,β-unsaturated/α-hetero) is 1. The van der Waals surface area contributed by atoms with E-state index >= 15 is 0 Å². The van der Waals surface area contributed by atoms with Gasteiger partial charge in [0.15, 0.2) is 5.78 Å². The minimum Gasteiger partial charge on any atom is -0.486 e. The molecule has 0 N–H and O–H groups in total. The van der Waals surface area contributed by atoms with E-state index in [4.69, 9.17) is 9.47 Å². The van der Waals surface area contributed by atoms with Crippen LogP contribution in [0.2, 0.25) is 0 Å². The van der Waals surface area contributed by atoms with Gasteiger partial charge in [-0.05, 0) is 63.3 Å². The van der Waals surface area contributed by atoms with Crippen LogP contribution < -0.4 is 4.74 Å². The molecule has 3 rings (SSSR count). The van der Waals surface area contributed by atoms with Crippen molar-refractivity contribution < 1.29 is 19.1 Å². The monoisotopic (exact) mass is 370 g/mol. The van der Waals surface area contributed by atoms with Crippen molar-refractivity contribution >= 4 is 11.8 Å². The lowest BCUT2D eigenvalue weighted by Crippen LogP contribution is -2.62. The summed E-state index contributed by atoms with van der Waals surface area (Å²) < 4.78 is 12.4. The molecule has 146 valence electrons. The first-order chi connectivity index (χ1) is 12.6. The quantitative estimate of drug-likeness (QED) is 0.431. The minimum absolute atomic E-state index is 0.0585. The molecule has 1 fully saturated rings. The summed E-state index contributed by atoms with van der Waals surface area (Å²) in [4.78, 5) is 24.0. The number of hydrogen-bond acceptors (Lipinski definition) is 4. The number of benzene rings is 1. The first-order valence-corrected chi connectivity index (χ1v) is 9.75. The lowest BCUT2D eigenvalue weighted by Gasteiger charge is -2.54. The average Bonchev–Trinajstić information content (AvgIpc) is 2.96. The summed E-state index contributed by atoms with van der Waals surface area (Å²) in [5, 5.41) is 0. The number of carbonyl (C=O) groups excluding carboxylic acids is 2. The number of esters is 1. The summed E-state index contributed by atoms with van der Waals surface area (Å²) >= 11 is 0. The van der Waals surface area contributed by atoms with E-state index in [1.165, 1.54) is 0 Å². The van der Waals surface area contributed by atoms with Crippen molar-refractivity contribution in [2.45, 2.75) is 72.5 Å². The zero-order chi connectivity index (χ0) is 20.0. The Hall–Kier alpha value is -2.10. The zero-order valence-corrected chi connectivity index (χ0v) is 17.2. The van der Waals surface area contributed by atoms with Crippen LogP contribution in [0.4, 0.5) is 0 Å². The second kappa shape index (κ2) is 6.81. The normalized spacial score (nSPS) is 28.2. The second-order valence-corrected chi connectivity index (χ2v) is 8.89. The van der Waals surface area contributed by atoms with E-state index in [1.54, 1.807) is 13.0 Å². The van der Waals surface area contributed by atoms with E-state index in [0.717, 1.165) is 36.1 Å². The highest BCUT2D eigenvalue weighted by molar-refractivity contribution is 5.94. The lowest BCUT2D eigenvalue weighted by molar-refractivity contribution is -0.184. The van der Waals surface area contributed by atoms with Crippen molar-refractivity contribution in [2.75, 3.05) is 0 Å². The highest BCUT2D eigenvalue weighted by Gasteiger charge is 2.61. The molecule has 0 radical (unpaired) electrons. The van der Waals surface area contributed by atoms with Crippen molar-refractivity contribution in [3.05, 3.63) is 41.0 Å². The maximum absolute atomic E-state index is 12.3. The maximum atomic E-state index is 12.3. The van der Waals surface area contributed by atoms with Gasteiger partial charge in [0.2, 0.25) is 0 Å². The molecule has 1 aromatic carbocycles. The van der Waals surface area contributed by atoms with Crippen LogP contribution in [0.5, 0.6) is 5.75 Å². The third-order valence-electron chi connectivity index (χ3n) is 6.43. The van der Waals surface area contributed by atoms with Crippen molar-refractivity contribution in [3.8, 4) is 5.75 Å². The Balaban J connectivity index is 1.92. The maximum Gasteiger partial charge on any atom is 0.330 e. The van der Waals surface area contributed by atoms with Crippen LogP contribution in [0.3, 0.4) is 0 Å². The number of hydrogen-bond donors (Lipinski definition) is 0. The summed E-state index contributed by atoms with van der Waals surface area (Å²) in [6.07, 6.45) is 3.83. The third kappa shape index (κ3) is 3.30. The molecule has 0 aromatic heterocycles. The molecule has 3 atom stereocenters. The largest absolute Gasteiger partial charge is 0.486 e. The molecule has 0 saturated heterocycles. The van der Waals surface area contributed by atoms with Gasteiger partial charge in [0.1, 0.15) is 17.5 Å². The number of ether oxygens (including phenoxy) is 2. The van der Waals surface area contributed by atoms with E-state index in [1.807, 2.05) is 32.0 Å². The van der Waals surface area contributed by atoms with Gasteiger partial charge >= 0.3 is 5.97 Å². The molecule has 27 heavy (non-hydrogen) atoms. The predicted molar refractivity (Wildman–Crippen MR) is 105 cm³/mol. The Labute approximate surface area is 161 Å². The fraction of sp³-hybridized carbons (Fsp3) is 0.565. The van der Waals surface area contributed by atoms with E-state index < -0.39 is 5.60 Å². The Morgan fingerprint density at radius 2 is 1.89 bits per heavy atom. The third-order valence-corrected chi connectivity index (χ3v) is 6.43. The summed E-state index contributed by atoms with van der Waals surface area (Å²) in [5.74, 6) is 0.936. The SMILES string of the molecule is CC(=O)c1ccc2c(c1)CC1(O2)C(C)CCC(OC(=O)C=C(C)C)C1(C)C. The Morgan fingerprint density at radius 3 is 2.52 bits per heavy atom. The van der Waals surface area contributed by atoms with Gasteiger partial charge in [-0.1, -0.05) is 26.3 Å². The Kier molecular flexibility index (Phi) is 4.96. The molecule has 1 heterocycles. The van der Waals surface area contributed by atoms with Gasteiger partial charge in [-0.3, -0.25) is 4.79 Å². The first-order valence-electron chi connectivity index (χ1n) is 9.75. The fourth-order valence-corrected chi connectivity index (χ4v) is 4.70. The van der Waals surface area contributed by atoms with Gasteiger partial charge in [0, 0.05) is 23.5 Å². The molecular weight excluding hydrogens is 340 g/mol. The van der Waals surface area contributed by atoms with Crippen molar-refractivity contribution in [1.82, 2.24) is 0 Å². The molecule has 1 saturated carbocycles. The predicted octanol–water partition coefficient (Wildman–Crippen LogP) is 4.90. The smallest absolute Gasteiger partial charge is 0.330 e. The van der Waals surface area contributed by atoms with Crippen LogP contribution in [-0.2, 0) is 16.0 Å². The molecule has 4 nitrogen and oxygen atoms in total. The fourth-order valence-electron chi connectivity index (χ4n) is 4.70. The topological polar surface area (TPSA) is 52.6 Å². The van der Waals surface area contributed by atoms with Gasteiger partial charge in [0.05, 0.1) is 0 Å². The van der Waals surface area contributed by atoms with Crippen molar-refractivity contribution in [3.63, 3.8) is 0 Å². The standard InChI is InChI=1S/C23H30O4/c1-14(2)11-21(25)26-20-10-7-15(3)23(22(20,5)6)13-18-12-17(16(4)24)8-9-19(18)27-23/h8-9,11-12,15,20H,7,10,13H2,1-6H3. The molecule has 1 aliphatic heterocycles. The van der Waals surface area contributed by atoms with Gasteiger partial charge in [-0.25, -0.2) is 4.79 Å². The van der Waals surface area contributed by atoms with Crippen LogP contribution in [-0.4, -0.2) is 23.5 Å². The van der Waals surface area contributed by atoms with Crippen LogP contribution in [0.1, 0.15) is 70.3 Å². The van der Waals surface area contributed by atoms with Gasteiger partial charge in [-0.15, -0.1) is 0 Å². The van der Waals surface area contributed by atoms with Gasteiger partial charge in [-0.2, -0.15) is 0 Å². The molecule has 1 aliphatic carbocycles. The molecule has 0 amide bonds. The number of ketones is 1. The van der Waals surface area contributed by atoms with E-state index in [0.29, 0.717) is 11.5 Å². The second-order valence-electron chi connectivity index (χ2n) is 8.89. The van der Waals surface area contributed by atoms with Crippen LogP contribution in [0.15, 0.2) is 29.8 Å². The number of carbonyl (C=O) groups is 2. The van der Waals surface area contributed by atoms with Crippen molar-refractivity contribution in [1.29, 1.82) is 0 Å². The lowest BCUT2D eigenvalue weighted by atomic mass is 9.58. The molecule has 4 heteroatoms. The molecule has 3 unspecified atom stereocenters. The minimum atomic E-state index is -0.446. The van der Waals surface area contributed by atoms with Crippen LogP contribution in [0, 0.1) is 11.3 Å². The average molecular weight is 370 g/mol. The molecule has 2 aliphatic rings. The summed E-state index contributed by atoms with van der Waals surface area (Å²) in [5.41, 5.74) is 1.91. The Morgan fingerprint density at radius 1 is 1.19 bits per heavy atom. The molecule has 1 spiro atoms. The summed E-state index contributed by atoms with van der Waals surface area (Å²) in [6.45, 7) is 11.9. The van der Waals surface area contributed by atoms with E-state index in [2.05, 4.69) is 20.8 Å². The molecule has 1 aromatic rings. The van der Waals surface area contributed by atoms with E-state index in [9.17, 15) is 9.59 Å². The number of rotatable bonds is 3. The summed E-state index contributed by atoms with van der Waals surface area (Å²) in [6, 6.07) is 5.68. The molecule has 0 bridgehead atoms. The zero-order valence-electron chi connectivity index (χ0n) is 17.2. The van der Waals surface area contributed by atoms with Crippen molar-refractivity contribution in [2.24, 2.45) is 11.3 Å². The van der Waals surface area contributed by atoms with Crippen LogP contribution in [0.25, 0.3) is 0 Å². The highest BCUT2D eigenvalue weighted by atomic mass is 16.6. The number of fused-ring (bicyclic) bond motifs is 1. The Bertz CT molecular complexity index is 801. The molecular formula is C23H30O4. The van der Waals surface area contributed by atoms with Gasteiger partial charge in [0.25, 0.3) is 0 Å². The van der Waals surface area contributed by atoms with Gasteiger partial charge < -0.3 is 9.47 Å². The number of allylic oxidation sites excluding steroid dienone is 1.